The molecule has 5 aromatic rings. The normalized spacial score (nSPS) is 21.1. The maximum Gasteiger partial charge on any atom is 0.329 e. The number of hydrogen-bond acceptors (Lipinski definition) is 8. The summed E-state index contributed by atoms with van der Waals surface area (Å²) in [4.78, 5) is 59.5. The van der Waals surface area contributed by atoms with Gasteiger partial charge in [-0.2, -0.15) is 5.10 Å². The van der Waals surface area contributed by atoms with Crippen LogP contribution >= 0.6 is 0 Å². The maximum atomic E-state index is 14.5. The number of nitrogens with zero attached hydrogens (tertiary/aromatic N) is 7. The molecule has 16 heteroatoms. The summed E-state index contributed by atoms with van der Waals surface area (Å²) in [7, 11) is 1.71. The lowest BCUT2D eigenvalue weighted by atomic mass is 9.85. The van der Waals surface area contributed by atoms with Crippen molar-refractivity contribution in [3.63, 3.8) is 0 Å². The minimum absolute atomic E-state index is 0.0346. The van der Waals surface area contributed by atoms with Gasteiger partial charge in [-0.3, -0.25) is 38.4 Å². The Hall–Kier alpha value is -5.51. The number of alkyl halides is 3. The van der Waals surface area contributed by atoms with Gasteiger partial charge in [0.2, 0.25) is 11.8 Å². The molecule has 3 aliphatic rings. The zero-order valence-electron chi connectivity index (χ0n) is 32.2. The average molecular weight is 786 g/mol. The van der Waals surface area contributed by atoms with E-state index in [9.17, 15) is 32.3 Å². The number of hydrogen-bond donors (Lipinski definition) is 2. The molecule has 1 atom stereocenters. The SMILES string of the molecule is Cn1c(=O)n(C2CCC(=O)NC2=O)c2ccc(N3CCN(C[C@H]4CC[C@H](n5cc6cc(NC(=O)c7cccc(C(C)(C)F)n7)c(C(F)F)cc6n5)CC4)CC3)cc21. The molecule has 0 radical (unpaired) electrons. The van der Waals surface area contributed by atoms with E-state index in [-0.39, 0.29) is 46.7 Å². The Morgan fingerprint density at radius 2 is 1.72 bits per heavy atom. The summed E-state index contributed by atoms with van der Waals surface area (Å²) in [5.41, 5.74) is 0.429. The van der Waals surface area contributed by atoms with Gasteiger partial charge >= 0.3 is 5.69 Å². The molecule has 2 N–H and O–H groups in total. The smallest absolute Gasteiger partial charge is 0.329 e. The quantitative estimate of drug-likeness (QED) is 0.173. The van der Waals surface area contributed by atoms with E-state index in [1.807, 2.05) is 29.1 Å². The van der Waals surface area contributed by atoms with Gasteiger partial charge in [0, 0.05) is 69.0 Å². The fraction of sp³-hybridized carbons (Fsp3) is 0.463. The summed E-state index contributed by atoms with van der Waals surface area (Å²) >= 11 is 0. The molecular weight excluding hydrogens is 740 g/mol. The van der Waals surface area contributed by atoms with Gasteiger partial charge in [0.15, 0.2) is 0 Å². The van der Waals surface area contributed by atoms with E-state index in [4.69, 9.17) is 0 Å². The van der Waals surface area contributed by atoms with Gasteiger partial charge in [0.25, 0.3) is 12.3 Å². The minimum atomic E-state index is -2.85. The van der Waals surface area contributed by atoms with Crippen molar-refractivity contribution in [3.05, 3.63) is 82.2 Å². The monoisotopic (exact) mass is 785 g/mol. The Labute approximate surface area is 326 Å². The summed E-state index contributed by atoms with van der Waals surface area (Å²) in [6.45, 7) is 7.13. The third kappa shape index (κ3) is 7.66. The predicted octanol–water partition coefficient (Wildman–Crippen LogP) is 6.01. The lowest BCUT2D eigenvalue weighted by molar-refractivity contribution is -0.135. The average Bonchev–Trinajstić information content (AvgIpc) is 3.71. The Balaban J connectivity index is 0.869. The topological polar surface area (TPSA) is 139 Å². The molecule has 3 aromatic heterocycles. The van der Waals surface area contributed by atoms with Crippen molar-refractivity contribution in [2.75, 3.05) is 42.9 Å². The van der Waals surface area contributed by atoms with Gasteiger partial charge in [0.1, 0.15) is 17.4 Å². The summed E-state index contributed by atoms with van der Waals surface area (Å²) in [6.07, 6.45) is 3.34. The number of amides is 3. The van der Waals surface area contributed by atoms with Gasteiger partial charge in [0.05, 0.1) is 34.0 Å². The van der Waals surface area contributed by atoms with E-state index in [0.29, 0.717) is 28.8 Å². The van der Waals surface area contributed by atoms with Crippen LogP contribution in [0.5, 0.6) is 0 Å². The zero-order chi connectivity index (χ0) is 40.2. The van der Waals surface area contributed by atoms with Crippen LogP contribution in [0, 0.1) is 5.92 Å². The van der Waals surface area contributed by atoms with Crippen LogP contribution < -0.4 is 21.2 Å². The van der Waals surface area contributed by atoms with Crippen LogP contribution in [0.2, 0.25) is 0 Å². The molecule has 13 nitrogen and oxygen atoms in total. The second-order valence-corrected chi connectivity index (χ2v) is 16.1. The van der Waals surface area contributed by atoms with Crippen molar-refractivity contribution in [2.45, 2.75) is 76.6 Å². The largest absolute Gasteiger partial charge is 0.369 e. The fourth-order valence-corrected chi connectivity index (χ4v) is 8.59. The standard InChI is InChI=1S/C41H46F3N9O4/c1-41(2,44)35-6-4-5-29(45-35)38(55)46-31-19-25-23-52(48-30(25)21-28(31)37(42)43)26-9-7-24(8-10-26)22-50-15-17-51(18-16-50)27-11-12-32-34(20-27)49(3)40(57)53(32)33-13-14-36(54)47-39(33)56/h4-6,11-12,19-21,23-24,26,33,37H,7-10,13-18,22H2,1-3H3,(H,46,55)(H,47,54,56)/t24-,26-,33?. The van der Waals surface area contributed by atoms with Crippen LogP contribution in [-0.4, -0.2) is 79.2 Å². The summed E-state index contributed by atoms with van der Waals surface area (Å²) in [5, 5.41) is 10.2. The van der Waals surface area contributed by atoms with Crippen molar-refractivity contribution in [2.24, 2.45) is 13.0 Å². The number of benzene rings is 2. The third-order valence-electron chi connectivity index (χ3n) is 11.8. The first-order valence-electron chi connectivity index (χ1n) is 19.5. The van der Waals surface area contributed by atoms with E-state index in [2.05, 4.69) is 30.5 Å². The van der Waals surface area contributed by atoms with Crippen LogP contribution in [0.15, 0.2) is 59.5 Å². The van der Waals surface area contributed by atoms with Crippen molar-refractivity contribution in [1.29, 1.82) is 0 Å². The van der Waals surface area contributed by atoms with Crippen molar-refractivity contribution >= 4 is 51.0 Å². The van der Waals surface area contributed by atoms with Crippen LogP contribution in [-0.2, 0) is 22.3 Å². The molecule has 2 aromatic carbocycles. The van der Waals surface area contributed by atoms with Crippen molar-refractivity contribution in [1.82, 2.24) is 34.1 Å². The molecule has 2 aliphatic heterocycles. The molecular formula is C41H46F3N9O4. The number of pyridine rings is 1. The number of carbonyl (C=O) groups excluding carboxylic acids is 3. The molecule has 1 aliphatic carbocycles. The summed E-state index contributed by atoms with van der Waals surface area (Å²) < 4.78 is 47.8. The molecule has 5 heterocycles. The minimum Gasteiger partial charge on any atom is -0.369 e. The van der Waals surface area contributed by atoms with Crippen LogP contribution in [0.3, 0.4) is 0 Å². The molecule has 3 fully saturated rings. The number of imidazole rings is 1. The number of carbonyl (C=O) groups is 3. The highest BCUT2D eigenvalue weighted by Crippen LogP contribution is 2.36. The molecule has 57 heavy (non-hydrogen) atoms. The van der Waals surface area contributed by atoms with Crippen LogP contribution in [0.1, 0.15) is 92.6 Å². The Kier molecular flexibility index (Phi) is 10.2. The van der Waals surface area contributed by atoms with Crippen LogP contribution in [0.4, 0.5) is 24.5 Å². The molecule has 8 rings (SSSR count). The summed E-state index contributed by atoms with van der Waals surface area (Å²) in [5.74, 6) is -0.946. The van der Waals surface area contributed by atoms with E-state index in [0.717, 1.165) is 69.6 Å². The molecule has 1 saturated carbocycles. The lowest BCUT2D eigenvalue weighted by Crippen LogP contribution is -2.48. The Bertz CT molecular complexity index is 2420. The third-order valence-corrected chi connectivity index (χ3v) is 11.8. The number of imide groups is 1. The first-order chi connectivity index (χ1) is 27.2. The van der Waals surface area contributed by atoms with Crippen LogP contribution in [0.25, 0.3) is 21.9 Å². The molecule has 1 unspecified atom stereocenters. The van der Waals surface area contributed by atoms with Gasteiger partial charge in [-0.05, 0) is 94.3 Å². The molecule has 2 saturated heterocycles. The van der Waals surface area contributed by atoms with Gasteiger partial charge in [-0.15, -0.1) is 0 Å². The lowest BCUT2D eigenvalue weighted by Gasteiger charge is -2.39. The zero-order valence-corrected chi connectivity index (χ0v) is 32.2. The van der Waals surface area contributed by atoms with E-state index in [1.165, 1.54) is 48.7 Å². The first kappa shape index (κ1) is 38.4. The second-order valence-electron chi connectivity index (χ2n) is 16.1. The number of aryl methyl sites for hydroxylation is 1. The summed E-state index contributed by atoms with van der Waals surface area (Å²) in [6, 6.07) is 12.6. The Morgan fingerprint density at radius 1 is 0.965 bits per heavy atom. The van der Waals surface area contributed by atoms with E-state index < -0.39 is 30.0 Å². The van der Waals surface area contributed by atoms with Gasteiger partial charge < -0.3 is 10.2 Å². The molecule has 3 amide bonds. The number of anilines is 2. The fourth-order valence-electron chi connectivity index (χ4n) is 8.59. The molecule has 300 valence electrons. The number of halogens is 3. The van der Waals surface area contributed by atoms with E-state index >= 15 is 0 Å². The second kappa shape index (κ2) is 15.1. The van der Waals surface area contributed by atoms with Crippen molar-refractivity contribution < 1.29 is 27.6 Å². The number of aromatic nitrogens is 5. The highest BCUT2D eigenvalue weighted by molar-refractivity contribution is 6.04. The van der Waals surface area contributed by atoms with Crippen molar-refractivity contribution in [3.8, 4) is 0 Å². The highest BCUT2D eigenvalue weighted by Gasteiger charge is 2.32. The highest BCUT2D eigenvalue weighted by atomic mass is 19.3. The first-order valence-corrected chi connectivity index (χ1v) is 19.5. The Morgan fingerprint density at radius 3 is 2.42 bits per heavy atom. The molecule has 0 bridgehead atoms. The number of piperazine rings is 1. The number of rotatable bonds is 9. The van der Waals surface area contributed by atoms with Gasteiger partial charge in [-0.25, -0.2) is 22.9 Å². The van der Waals surface area contributed by atoms with Gasteiger partial charge in [-0.1, -0.05) is 6.07 Å². The van der Waals surface area contributed by atoms with E-state index in [1.54, 1.807) is 11.6 Å². The predicted molar refractivity (Wildman–Crippen MR) is 209 cm³/mol. The number of fused-ring (bicyclic) bond motifs is 2. The number of piperidine rings is 1. The number of nitrogens with one attached hydrogen (secondary N) is 2. The molecule has 0 spiro atoms. The maximum absolute atomic E-state index is 14.5.